The number of hydrogen-bond acceptors (Lipinski definition) is 0. The highest BCUT2D eigenvalue weighted by atomic mass is 14.2. The molecule has 0 spiro atoms. The Morgan fingerprint density at radius 2 is 1.64 bits per heavy atom. The lowest BCUT2D eigenvalue weighted by molar-refractivity contribution is 0.264. The van der Waals surface area contributed by atoms with Gasteiger partial charge < -0.3 is 0 Å². The first-order valence-electron chi connectivity index (χ1n) is 6.29. The first-order chi connectivity index (χ1) is 6.68. The second kappa shape index (κ2) is 10.8. The SMILES string of the molecule is C=CCC(C)(CCC)CCCC.CC. The molecule has 0 aliphatic carbocycles. The molecule has 0 heteroatoms. The molecule has 0 saturated carbocycles. The van der Waals surface area contributed by atoms with Crippen molar-refractivity contribution in [2.24, 2.45) is 5.41 Å². The van der Waals surface area contributed by atoms with Gasteiger partial charge in [0, 0.05) is 0 Å². The van der Waals surface area contributed by atoms with Crippen LogP contribution in [0.2, 0.25) is 0 Å². The summed E-state index contributed by atoms with van der Waals surface area (Å²) >= 11 is 0. The maximum Gasteiger partial charge on any atom is -0.0292 e. The van der Waals surface area contributed by atoms with Gasteiger partial charge in [-0.05, 0) is 24.7 Å². The molecule has 86 valence electrons. The maximum absolute atomic E-state index is 3.84. The van der Waals surface area contributed by atoms with Crippen LogP contribution in [0.5, 0.6) is 0 Å². The summed E-state index contributed by atoms with van der Waals surface area (Å²) in [6.45, 7) is 14.8. The van der Waals surface area contributed by atoms with Crippen LogP contribution in [-0.4, -0.2) is 0 Å². The Bertz CT molecular complexity index is 115. The van der Waals surface area contributed by atoms with Gasteiger partial charge in [0.2, 0.25) is 0 Å². The molecule has 0 aliphatic heterocycles. The number of allylic oxidation sites excluding steroid dienone is 1. The van der Waals surface area contributed by atoms with Gasteiger partial charge in [-0.25, -0.2) is 0 Å². The molecule has 0 radical (unpaired) electrons. The van der Waals surface area contributed by atoms with E-state index in [9.17, 15) is 0 Å². The second-order valence-electron chi connectivity index (χ2n) is 4.16. The smallest absolute Gasteiger partial charge is 0.0292 e. The van der Waals surface area contributed by atoms with Gasteiger partial charge in [-0.15, -0.1) is 6.58 Å². The van der Waals surface area contributed by atoms with Crippen LogP contribution in [0.25, 0.3) is 0 Å². The summed E-state index contributed by atoms with van der Waals surface area (Å²) in [6, 6.07) is 0. The summed E-state index contributed by atoms with van der Waals surface area (Å²) in [7, 11) is 0. The molecular weight excluding hydrogens is 168 g/mol. The van der Waals surface area contributed by atoms with Crippen LogP contribution in [0.3, 0.4) is 0 Å². The third-order valence-electron chi connectivity index (χ3n) is 2.62. The molecule has 1 atom stereocenters. The molecule has 0 N–H and O–H groups in total. The van der Waals surface area contributed by atoms with Gasteiger partial charge in [0.15, 0.2) is 0 Å². The molecule has 0 fully saturated rings. The van der Waals surface area contributed by atoms with Crippen molar-refractivity contribution in [1.82, 2.24) is 0 Å². The molecule has 0 aromatic rings. The van der Waals surface area contributed by atoms with Crippen LogP contribution in [0, 0.1) is 5.41 Å². The van der Waals surface area contributed by atoms with E-state index in [1.165, 1.54) is 38.5 Å². The molecule has 1 unspecified atom stereocenters. The monoisotopic (exact) mass is 198 g/mol. The lowest BCUT2D eigenvalue weighted by Gasteiger charge is -2.27. The summed E-state index contributed by atoms with van der Waals surface area (Å²) in [5, 5.41) is 0. The van der Waals surface area contributed by atoms with Crippen LogP contribution < -0.4 is 0 Å². The second-order valence-corrected chi connectivity index (χ2v) is 4.16. The summed E-state index contributed by atoms with van der Waals surface area (Å²) in [4.78, 5) is 0. The van der Waals surface area contributed by atoms with Crippen LogP contribution in [0.15, 0.2) is 12.7 Å². The van der Waals surface area contributed by atoms with Crippen LogP contribution in [0.4, 0.5) is 0 Å². The van der Waals surface area contributed by atoms with Gasteiger partial charge in [0.25, 0.3) is 0 Å². The minimum Gasteiger partial charge on any atom is -0.103 e. The van der Waals surface area contributed by atoms with Gasteiger partial charge >= 0.3 is 0 Å². The molecule has 0 aromatic heterocycles. The van der Waals surface area contributed by atoms with Gasteiger partial charge in [0.05, 0.1) is 0 Å². The average Bonchev–Trinajstić information content (AvgIpc) is 2.19. The van der Waals surface area contributed by atoms with E-state index >= 15 is 0 Å². The quantitative estimate of drug-likeness (QED) is 0.468. The minimum absolute atomic E-state index is 0.534. The molecule has 0 saturated heterocycles. The van der Waals surface area contributed by atoms with Crippen LogP contribution >= 0.6 is 0 Å². The number of unbranched alkanes of at least 4 members (excludes halogenated alkanes) is 1. The fourth-order valence-electron chi connectivity index (χ4n) is 1.88. The van der Waals surface area contributed by atoms with Crippen molar-refractivity contribution in [3.8, 4) is 0 Å². The highest BCUT2D eigenvalue weighted by molar-refractivity contribution is 4.82. The van der Waals surface area contributed by atoms with Crippen molar-refractivity contribution >= 4 is 0 Å². The van der Waals surface area contributed by atoms with E-state index < -0.39 is 0 Å². The maximum atomic E-state index is 3.84. The Morgan fingerprint density at radius 3 is 2.00 bits per heavy atom. The van der Waals surface area contributed by atoms with Crippen molar-refractivity contribution < 1.29 is 0 Å². The van der Waals surface area contributed by atoms with Crippen molar-refractivity contribution in [3.63, 3.8) is 0 Å². The topological polar surface area (TPSA) is 0 Å². The highest BCUT2D eigenvalue weighted by Crippen LogP contribution is 2.33. The Morgan fingerprint density at radius 1 is 1.07 bits per heavy atom. The molecule has 14 heavy (non-hydrogen) atoms. The van der Waals surface area contributed by atoms with Crippen molar-refractivity contribution in [2.45, 2.75) is 73.1 Å². The van der Waals surface area contributed by atoms with Crippen LogP contribution in [-0.2, 0) is 0 Å². The third-order valence-corrected chi connectivity index (χ3v) is 2.62. The summed E-state index contributed by atoms with van der Waals surface area (Å²) in [5.41, 5.74) is 0.534. The fourth-order valence-corrected chi connectivity index (χ4v) is 1.88. The van der Waals surface area contributed by atoms with Gasteiger partial charge in [-0.1, -0.05) is 60.0 Å². The predicted molar refractivity (Wildman–Crippen MR) is 68.7 cm³/mol. The molecule has 0 aliphatic rings. The minimum atomic E-state index is 0.534. The predicted octanol–water partition coefficient (Wildman–Crippen LogP) is 5.59. The average molecular weight is 198 g/mol. The van der Waals surface area contributed by atoms with Crippen molar-refractivity contribution in [3.05, 3.63) is 12.7 Å². The Labute approximate surface area is 91.8 Å². The first kappa shape index (κ1) is 16.2. The van der Waals surface area contributed by atoms with Gasteiger partial charge in [-0.3, -0.25) is 0 Å². The molecule has 0 nitrogen and oxygen atoms in total. The number of hydrogen-bond donors (Lipinski definition) is 0. The molecule has 0 heterocycles. The summed E-state index contributed by atoms with van der Waals surface area (Å²) < 4.78 is 0. The van der Waals surface area contributed by atoms with E-state index in [1.54, 1.807) is 0 Å². The lowest BCUT2D eigenvalue weighted by Crippen LogP contribution is -2.14. The molecule has 0 amide bonds. The Hall–Kier alpha value is -0.260. The fraction of sp³-hybridized carbons (Fsp3) is 0.857. The molecule has 0 rings (SSSR count). The molecular formula is C14H30. The van der Waals surface area contributed by atoms with E-state index in [0.29, 0.717) is 5.41 Å². The van der Waals surface area contributed by atoms with E-state index in [-0.39, 0.29) is 0 Å². The molecule has 0 bridgehead atoms. The van der Waals surface area contributed by atoms with E-state index in [4.69, 9.17) is 0 Å². The Kier molecular flexibility index (Phi) is 12.5. The summed E-state index contributed by atoms with van der Waals surface area (Å²) in [5.74, 6) is 0. The normalized spacial score (nSPS) is 13.8. The van der Waals surface area contributed by atoms with E-state index in [0.717, 1.165) is 0 Å². The Balaban J connectivity index is 0. The van der Waals surface area contributed by atoms with Crippen molar-refractivity contribution in [2.75, 3.05) is 0 Å². The van der Waals surface area contributed by atoms with E-state index in [2.05, 4.69) is 33.4 Å². The zero-order valence-corrected chi connectivity index (χ0v) is 11.0. The third kappa shape index (κ3) is 8.34. The van der Waals surface area contributed by atoms with Crippen LogP contribution in [0.1, 0.15) is 73.1 Å². The molecule has 0 aromatic carbocycles. The highest BCUT2D eigenvalue weighted by Gasteiger charge is 2.20. The zero-order valence-electron chi connectivity index (χ0n) is 11.0. The number of rotatable bonds is 7. The first-order valence-corrected chi connectivity index (χ1v) is 6.29. The standard InChI is InChI=1S/C12H24.C2H6/c1-5-8-11-12(4,9-6-2)10-7-3;1-2/h6H,2,5,7-11H2,1,3-4H3;1-2H3. The largest absolute Gasteiger partial charge is 0.103 e. The lowest BCUT2D eigenvalue weighted by atomic mass is 9.78. The van der Waals surface area contributed by atoms with E-state index in [1.807, 2.05) is 13.8 Å². The zero-order chi connectivity index (χ0) is 11.4. The van der Waals surface area contributed by atoms with Crippen molar-refractivity contribution in [1.29, 1.82) is 0 Å². The summed E-state index contributed by atoms with van der Waals surface area (Å²) in [6.07, 6.45) is 9.95. The van der Waals surface area contributed by atoms with Gasteiger partial charge in [0.1, 0.15) is 0 Å². The van der Waals surface area contributed by atoms with Gasteiger partial charge in [-0.2, -0.15) is 0 Å².